The Balaban J connectivity index is 1.26. The molecule has 0 heterocycles. The smallest absolute Gasteiger partial charge is 0.315 e. The van der Waals surface area contributed by atoms with Gasteiger partial charge in [-0.2, -0.15) is 0 Å². The molecule has 1 aromatic rings. The fourth-order valence-corrected chi connectivity index (χ4v) is 3.19. The van der Waals surface area contributed by atoms with E-state index < -0.39 is 0 Å². The molecule has 0 spiro atoms. The maximum atomic E-state index is 11.9. The minimum absolute atomic E-state index is 0.144. The summed E-state index contributed by atoms with van der Waals surface area (Å²) in [4.78, 5) is 23.5. The van der Waals surface area contributed by atoms with Crippen molar-refractivity contribution in [2.75, 3.05) is 13.1 Å². The highest BCUT2D eigenvalue weighted by Gasteiger charge is 2.39. The molecular weight excluding hydrogens is 326 g/mol. The van der Waals surface area contributed by atoms with Gasteiger partial charge in [0, 0.05) is 36.0 Å². The number of urea groups is 1. The summed E-state index contributed by atoms with van der Waals surface area (Å²) < 4.78 is 0. The van der Waals surface area contributed by atoms with Gasteiger partial charge in [0.1, 0.15) is 0 Å². The van der Waals surface area contributed by atoms with Crippen molar-refractivity contribution in [3.05, 3.63) is 34.9 Å². The van der Waals surface area contributed by atoms with Crippen molar-refractivity contribution in [2.45, 2.75) is 44.1 Å². The van der Waals surface area contributed by atoms with Gasteiger partial charge in [0.2, 0.25) is 5.91 Å². The Morgan fingerprint density at radius 3 is 2.67 bits per heavy atom. The summed E-state index contributed by atoms with van der Waals surface area (Å²) in [5, 5.41) is 9.47. The normalized spacial score (nSPS) is 22.4. The monoisotopic (exact) mass is 349 g/mol. The van der Waals surface area contributed by atoms with Gasteiger partial charge in [0.15, 0.2) is 0 Å². The van der Waals surface area contributed by atoms with E-state index in [0.29, 0.717) is 19.0 Å². The van der Waals surface area contributed by atoms with E-state index in [-0.39, 0.29) is 23.9 Å². The molecule has 0 saturated heterocycles. The molecule has 130 valence electrons. The van der Waals surface area contributed by atoms with Gasteiger partial charge in [0.05, 0.1) is 0 Å². The Morgan fingerprint density at radius 1 is 1.17 bits per heavy atom. The van der Waals surface area contributed by atoms with E-state index in [0.717, 1.165) is 37.1 Å². The molecule has 3 amide bonds. The van der Waals surface area contributed by atoms with Crippen molar-refractivity contribution in [1.82, 2.24) is 16.0 Å². The van der Waals surface area contributed by atoms with Crippen LogP contribution in [-0.2, 0) is 4.79 Å². The Labute approximate surface area is 147 Å². The second-order valence-electron chi connectivity index (χ2n) is 6.68. The third-order valence-electron chi connectivity index (χ3n) is 4.80. The van der Waals surface area contributed by atoms with Gasteiger partial charge in [-0.25, -0.2) is 4.79 Å². The second kappa shape index (κ2) is 7.88. The summed E-state index contributed by atoms with van der Waals surface area (Å²) in [6.07, 6.45) is 4.89. The minimum Gasteiger partial charge on any atom is -0.356 e. The molecule has 0 unspecified atom stereocenters. The van der Waals surface area contributed by atoms with Crippen molar-refractivity contribution >= 4 is 23.5 Å². The van der Waals surface area contributed by atoms with Crippen LogP contribution in [0.3, 0.4) is 0 Å². The Hall–Kier alpha value is -1.75. The number of halogens is 1. The van der Waals surface area contributed by atoms with Crippen LogP contribution in [0.25, 0.3) is 0 Å². The SMILES string of the molecule is O=C(NCCCNC(=O)C1CCC1)N[C@@H]1C[C@H]1c1cccc(Cl)c1. The van der Waals surface area contributed by atoms with Crippen LogP contribution >= 0.6 is 11.6 Å². The molecule has 2 aliphatic carbocycles. The molecule has 2 saturated carbocycles. The zero-order valence-electron chi connectivity index (χ0n) is 13.7. The minimum atomic E-state index is -0.144. The summed E-state index contributed by atoms with van der Waals surface area (Å²) in [5.74, 6) is 0.740. The van der Waals surface area contributed by atoms with E-state index in [1.165, 1.54) is 5.56 Å². The van der Waals surface area contributed by atoms with Crippen LogP contribution in [0, 0.1) is 5.92 Å². The quantitative estimate of drug-likeness (QED) is 0.662. The molecule has 6 heteroatoms. The van der Waals surface area contributed by atoms with Crippen molar-refractivity contribution in [2.24, 2.45) is 5.92 Å². The standard InChI is InChI=1S/C18H24ClN3O2/c19-14-7-2-6-13(10-14)15-11-16(15)22-18(24)21-9-3-8-20-17(23)12-4-1-5-12/h2,6-7,10,12,15-16H,1,3-5,8-9,11H2,(H,20,23)(H2,21,22,24)/t15-,16+/m0/s1. The molecule has 0 bridgehead atoms. The number of nitrogens with one attached hydrogen (secondary N) is 3. The van der Waals surface area contributed by atoms with Crippen molar-refractivity contribution in [3.63, 3.8) is 0 Å². The second-order valence-corrected chi connectivity index (χ2v) is 7.11. The topological polar surface area (TPSA) is 70.2 Å². The number of carbonyl (C=O) groups excluding carboxylic acids is 2. The molecule has 2 aliphatic rings. The van der Waals surface area contributed by atoms with E-state index in [1.54, 1.807) is 0 Å². The maximum absolute atomic E-state index is 11.9. The van der Waals surface area contributed by atoms with Crippen molar-refractivity contribution < 1.29 is 9.59 Å². The first kappa shape index (κ1) is 17.1. The molecule has 3 N–H and O–H groups in total. The van der Waals surface area contributed by atoms with Gasteiger partial charge in [-0.05, 0) is 43.4 Å². The van der Waals surface area contributed by atoms with E-state index in [2.05, 4.69) is 16.0 Å². The fraction of sp³-hybridized carbons (Fsp3) is 0.556. The Kier molecular flexibility index (Phi) is 5.61. The lowest BCUT2D eigenvalue weighted by Gasteiger charge is -2.23. The Bertz CT molecular complexity index is 604. The lowest BCUT2D eigenvalue weighted by atomic mass is 9.85. The van der Waals surface area contributed by atoms with E-state index >= 15 is 0 Å². The first-order valence-electron chi connectivity index (χ1n) is 8.71. The van der Waals surface area contributed by atoms with Gasteiger partial charge in [-0.15, -0.1) is 0 Å². The number of hydrogen-bond donors (Lipinski definition) is 3. The summed E-state index contributed by atoms with van der Waals surface area (Å²) >= 11 is 5.99. The number of hydrogen-bond acceptors (Lipinski definition) is 2. The van der Waals surface area contributed by atoms with E-state index in [1.807, 2.05) is 24.3 Å². The van der Waals surface area contributed by atoms with E-state index in [4.69, 9.17) is 11.6 Å². The molecule has 0 aliphatic heterocycles. The highest BCUT2D eigenvalue weighted by atomic mass is 35.5. The van der Waals surface area contributed by atoms with Gasteiger partial charge < -0.3 is 16.0 Å². The van der Waals surface area contributed by atoms with Crippen LogP contribution in [0.4, 0.5) is 4.79 Å². The van der Waals surface area contributed by atoms with Gasteiger partial charge in [0.25, 0.3) is 0 Å². The lowest BCUT2D eigenvalue weighted by Crippen LogP contribution is -2.39. The molecule has 3 rings (SSSR count). The van der Waals surface area contributed by atoms with Crippen LogP contribution in [0.1, 0.15) is 43.6 Å². The fourth-order valence-electron chi connectivity index (χ4n) is 3.00. The van der Waals surface area contributed by atoms with Crippen molar-refractivity contribution in [3.8, 4) is 0 Å². The molecular formula is C18H24ClN3O2. The third kappa shape index (κ3) is 4.63. The molecule has 24 heavy (non-hydrogen) atoms. The average molecular weight is 350 g/mol. The first-order chi connectivity index (χ1) is 11.6. The zero-order chi connectivity index (χ0) is 16.9. The molecule has 2 atom stereocenters. The van der Waals surface area contributed by atoms with Gasteiger partial charge in [-0.1, -0.05) is 30.2 Å². The Morgan fingerprint density at radius 2 is 1.96 bits per heavy atom. The lowest BCUT2D eigenvalue weighted by molar-refractivity contribution is -0.127. The first-order valence-corrected chi connectivity index (χ1v) is 9.09. The van der Waals surface area contributed by atoms with E-state index in [9.17, 15) is 9.59 Å². The highest BCUT2D eigenvalue weighted by Crippen LogP contribution is 2.41. The summed E-state index contributed by atoms with van der Waals surface area (Å²) in [5.41, 5.74) is 1.17. The summed E-state index contributed by atoms with van der Waals surface area (Å²) in [6, 6.07) is 7.83. The van der Waals surface area contributed by atoms with Gasteiger partial charge >= 0.3 is 6.03 Å². The molecule has 2 fully saturated rings. The van der Waals surface area contributed by atoms with Crippen molar-refractivity contribution in [1.29, 1.82) is 0 Å². The number of rotatable bonds is 7. The number of amides is 3. The van der Waals surface area contributed by atoms with Crippen LogP contribution in [-0.4, -0.2) is 31.1 Å². The van der Waals surface area contributed by atoms with Crippen LogP contribution < -0.4 is 16.0 Å². The number of benzene rings is 1. The molecule has 1 aromatic carbocycles. The maximum Gasteiger partial charge on any atom is 0.315 e. The van der Waals surface area contributed by atoms with Crippen LogP contribution in [0.2, 0.25) is 5.02 Å². The molecule has 5 nitrogen and oxygen atoms in total. The largest absolute Gasteiger partial charge is 0.356 e. The van der Waals surface area contributed by atoms with Crippen LogP contribution in [0.15, 0.2) is 24.3 Å². The summed E-state index contributed by atoms with van der Waals surface area (Å²) in [6.45, 7) is 1.18. The third-order valence-corrected chi connectivity index (χ3v) is 5.03. The zero-order valence-corrected chi connectivity index (χ0v) is 14.4. The molecule has 0 aromatic heterocycles. The predicted octanol–water partition coefficient (Wildman–Crippen LogP) is 2.80. The molecule has 0 radical (unpaired) electrons. The predicted molar refractivity (Wildman–Crippen MR) is 94.1 cm³/mol. The highest BCUT2D eigenvalue weighted by molar-refractivity contribution is 6.30. The average Bonchev–Trinajstić information content (AvgIpc) is 3.24. The van der Waals surface area contributed by atoms with Gasteiger partial charge in [-0.3, -0.25) is 4.79 Å². The van der Waals surface area contributed by atoms with Crippen LogP contribution in [0.5, 0.6) is 0 Å². The number of carbonyl (C=O) groups is 2. The summed E-state index contributed by atoms with van der Waals surface area (Å²) in [7, 11) is 0.